The number of aryl methyl sites for hydroxylation is 1. The van der Waals surface area contributed by atoms with E-state index >= 15 is 0 Å². The van der Waals surface area contributed by atoms with Crippen molar-refractivity contribution < 1.29 is 4.79 Å². The van der Waals surface area contributed by atoms with Gasteiger partial charge in [-0.3, -0.25) is 4.79 Å². The summed E-state index contributed by atoms with van der Waals surface area (Å²) >= 11 is 0. The predicted octanol–water partition coefficient (Wildman–Crippen LogP) is 3.99. The molecule has 0 aliphatic carbocycles. The second-order valence-corrected chi connectivity index (χ2v) is 6.91. The third-order valence-electron chi connectivity index (χ3n) is 4.79. The number of fused-ring (bicyclic) bond motifs is 1. The minimum atomic E-state index is -0.0827. The molecule has 1 unspecified atom stereocenters. The number of hydrogen-bond donors (Lipinski definition) is 1. The first-order valence-electron chi connectivity index (χ1n) is 9.17. The Kier molecular flexibility index (Phi) is 4.59. The summed E-state index contributed by atoms with van der Waals surface area (Å²) in [4.78, 5) is 24.0. The summed E-state index contributed by atoms with van der Waals surface area (Å²) in [6, 6.07) is 20.0. The van der Waals surface area contributed by atoms with Crippen LogP contribution in [0.25, 0.3) is 0 Å². The van der Waals surface area contributed by atoms with Gasteiger partial charge in [-0.25, -0.2) is 9.97 Å². The Morgan fingerprint density at radius 1 is 1.11 bits per heavy atom. The van der Waals surface area contributed by atoms with Crippen LogP contribution in [0.3, 0.4) is 0 Å². The Morgan fingerprint density at radius 2 is 1.85 bits per heavy atom. The SMILES string of the molecule is Cc1cc(C(=O)N2c3ccccc3CC2C)nc(NCc2ccccc2)n1. The molecule has 3 aromatic rings. The van der Waals surface area contributed by atoms with E-state index in [-0.39, 0.29) is 11.9 Å². The van der Waals surface area contributed by atoms with Crippen LogP contribution >= 0.6 is 0 Å². The number of anilines is 2. The number of rotatable bonds is 4. The molecule has 0 fully saturated rings. The first-order valence-corrected chi connectivity index (χ1v) is 9.17. The Labute approximate surface area is 159 Å². The monoisotopic (exact) mass is 358 g/mol. The molecule has 5 nitrogen and oxygen atoms in total. The first-order chi connectivity index (χ1) is 13.1. The highest BCUT2D eigenvalue weighted by Gasteiger charge is 2.32. The Bertz CT molecular complexity index is 971. The van der Waals surface area contributed by atoms with Gasteiger partial charge in [0.2, 0.25) is 5.95 Å². The molecule has 1 aliphatic heterocycles. The van der Waals surface area contributed by atoms with Gasteiger partial charge in [-0.1, -0.05) is 48.5 Å². The molecule has 0 spiro atoms. The highest BCUT2D eigenvalue weighted by molar-refractivity contribution is 6.06. The molecule has 0 saturated heterocycles. The Balaban J connectivity index is 1.58. The predicted molar refractivity (Wildman–Crippen MR) is 107 cm³/mol. The van der Waals surface area contributed by atoms with Gasteiger partial charge < -0.3 is 10.2 Å². The van der Waals surface area contributed by atoms with Crippen molar-refractivity contribution >= 4 is 17.5 Å². The van der Waals surface area contributed by atoms with E-state index in [2.05, 4.69) is 28.3 Å². The van der Waals surface area contributed by atoms with Crippen molar-refractivity contribution in [3.63, 3.8) is 0 Å². The van der Waals surface area contributed by atoms with Gasteiger partial charge in [0.25, 0.3) is 5.91 Å². The molecule has 27 heavy (non-hydrogen) atoms. The maximum Gasteiger partial charge on any atom is 0.277 e. The van der Waals surface area contributed by atoms with E-state index in [4.69, 9.17) is 0 Å². The van der Waals surface area contributed by atoms with E-state index in [0.717, 1.165) is 23.4 Å². The van der Waals surface area contributed by atoms with Crippen LogP contribution in [0.15, 0.2) is 60.7 Å². The number of carbonyl (C=O) groups excluding carboxylic acids is 1. The van der Waals surface area contributed by atoms with Crippen LogP contribution in [0.2, 0.25) is 0 Å². The summed E-state index contributed by atoms with van der Waals surface area (Å²) in [5.74, 6) is 0.392. The lowest BCUT2D eigenvalue weighted by molar-refractivity contribution is 0.0976. The summed E-state index contributed by atoms with van der Waals surface area (Å²) in [7, 11) is 0. The molecule has 2 heterocycles. The third-order valence-corrected chi connectivity index (χ3v) is 4.79. The molecule has 1 atom stereocenters. The average molecular weight is 358 g/mol. The molecule has 136 valence electrons. The first kappa shape index (κ1) is 17.2. The number of carbonyl (C=O) groups is 1. The van der Waals surface area contributed by atoms with Crippen molar-refractivity contribution in [3.05, 3.63) is 83.2 Å². The Hall–Kier alpha value is -3.21. The van der Waals surface area contributed by atoms with E-state index in [1.54, 1.807) is 6.07 Å². The van der Waals surface area contributed by atoms with Gasteiger partial charge in [-0.15, -0.1) is 0 Å². The van der Waals surface area contributed by atoms with E-state index < -0.39 is 0 Å². The normalized spacial score (nSPS) is 15.5. The molecule has 1 aliphatic rings. The quantitative estimate of drug-likeness (QED) is 0.766. The second kappa shape index (κ2) is 7.19. The van der Waals surface area contributed by atoms with Crippen molar-refractivity contribution in [1.82, 2.24) is 9.97 Å². The van der Waals surface area contributed by atoms with E-state index in [9.17, 15) is 4.79 Å². The molecule has 0 saturated carbocycles. The van der Waals surface area contributed by atoms with Crippen LogP contribution in [0.1, 0.15) is 34.2 Å². The van der Waals surface area contributed by atoms with E-state index in [1.807, 2.05) is 60.4 Å². The standard InChI is InChI=1S/C22H22N4O/c1-15-12-19(25-22(24-15)23-14-17-8-4-3-5-9-17)21(27)26-16(2)13-18-10-6-7-11-20(18)26/h3-12,16H,13-14H2,1-2H3,(H,23,24,25). The van der Waals surface area contributed by atoms with Gasteiger partial charge in [0.15, 0.2) is 0 Å². The zero-order valence-electron chi connectivity index (χ0n) is 15.5. The third kappa shape index (κ3) is 3.53. The van der Waals surface area contributed by atoms with Crippen LogP contribution in [-0.2, 0) is 13.0 Å². The lowest BCUT2D eigenvalue weighted by Crippen LogP contribution is -2.36. The lowest BCUT2D eigenvalue weighted by Gasteiger charge is -2.22. The molecule has 5 heteroatoms. The van der Waals surface area contributed by atoms with Crippen LogP contribution < -0.4 is 10.2 Å². The van der Waals surface area contributed by atoms with Crippen LogP contribution in [-0.4, -0.2) is 21.9 Å². The second-order valence-electron chi connectivity index (χ2n) is 6.91. The lowest BCUT2D eigenvalue weighted by atomic mass is 10.1. The highest BCUT2D eigenvalue weighted by atomic mass is 16.2. The summed E-state index contributed by atoms with van der Waals surface area (Å²) < 4.78 is 0. The summed E-state index contributed by atoms with van der Waals surface area (Å²) in [6.45, 7) is 4.56. The molecule has 1 N–H and O–H groups in total. The molecular formula is C22H22N4O. The van der Waals surface area contributed by atoms with Gasteiger partial charge >= 0.3 is 0 Å². The Morgan fingerprint density at radius 3 is 2.67 bits per heavy atom. The maximum atomic E-state index is 13.2. The van der Waals surface area contributed by atoms with Gasteiger partial charge in [0.1, 0.15) is 5.69 Å². The molecular weight excluding hydrogens is 336 g/mol. The van der Waals surface area contributed by atoms with Crippen molar-refractivity contribution in [2.24, 2.45) is 0 Å². The van der Waals surface area contributed by atoms with Crippen molar-refractivity contribution in [1.29, 1.82) is 0 Å². The molecule has 2 aromatic carbocycles. The highest BCUT2D eigenvalue weighted by Crippen LogP contribution is 2.32. The molecule has 0 radical (unpaired) electrons. The van der Waals surface area contributed by atoms with Gasteiger partial charge in [0.05, 0.1) is 0 Å². The summed E-state index contributed by atoms with van der Waals surface area (Å²) in [5.41, 5.74) is 4.50. The van der Waals surface area contributed by atoms with E-state index in [1.165, 1.54) is 5.56 Å². The largest absolute Gasteiger partial charge is 0.350 e. The zero-order chi connectivity index (χ0) is 18.8. The fraction of sp³-hybridized carbons (Fsp3) is 0.227. The molecule has 1 aromatic heterocycles. The van der Waals surface area contributed by atoms with Crippen molar-refractivity contribution in [3.8, 4) is 0 Å². The van der Waals surface area contributed by atoms with Crippen LogP contribution in [0.4, 0.5) is 11.6 Å². The van der Waals surface area contributed by atoms with Crippen LogP contribution in [0, 0.1) is 6.92 Å². The smallest absolute Gasteiger partial charge is 0.277 e. The summed E-state index contributed by atoms with van der Waals surface area (Å²) in [6.07, 6.45) is 0.866. The van der Waals surface area contributed by atoms with Crippen molar-refractivity contribution in [2.75, 3.05) is 10.2 Å². The topological polar surface area (TPSA) is 58.1 Å². The number of nitrogens with zero attached hydrogens (tertiary/aromatic N) is 3. The number of nitrogens with one attached hydrogen (secondary N) is 1. The minimum Gasteiger partial charge on any atom is -0.350 e. The number of benzene rings is 2. The molecule has 4 rings (SSSR count). The fourth-order valence-corrected chi connectivity index (χ4v) is 3.53. The molecule has 1 amide bonds. The number of para-hydroxylation sites is 1. The average Bonchev–Trinajstić information content (AvgIpc) is 3.02. The van der Waals surface area contributed by atoms with Crippen molar-refractivity contribution in [2.45, 2.75) is 32.9 Å². The van der Waals surface area contributed by atoms with Gasteiger partial charge in [-0.05, 0) is 43.5 Å². The fourth-order valence-electron chi connectivity index (χ4n) is 3.53. The maximum absolute atomic E-state index is 13.2. The number of hydrogen-bond acceptors (Lipinski definition) is 4. The van der Waals surface area contributed by atoms with E-state index in [0.29, 0.717) is 18.2 Å². The van der Waals surface area contributed by atoms with Gasteiger partial charge in [0, 0.05) is 24.0 Å². The number of amides is 1. The minimum absolute atomic E-state index is 0.0827. The van der Waals surface area contributed by atoms with Crippen LogP contribution in [0.5, 0.6) is 0 Å². The molecule has 0 bridgehead atoms. The summed E-state index contributed by atoms with van der Waals surface area (Å²) in [5, 5.41) is 3.23. The van der Waals surface area contributed by atoms with Gasteiger partial charge in [-0.2, -0.15) is 0 Å². The number of aromatic nitrogens is 2. The zero-order valence-corrected chi connectivity index (χ0v) is 15.5.